The van der Waals surface area contributed by atoms with Crippen LogP contribution in [-0.2, 0) is 0 Å². The highest BCUT2D eigenvalue weighted by Crippen LogP contribution is 2.25. The van der Waals surface area contributed by atoms with Crippen molar-refractivity contribution in [2.45, 2.75) is 6.92 Å². The molecule has 130 valence electrons. The van der Waals surface area contributed by atoms with E-state index in [2.05, 4.69) is 4.98 Å². The maximum Gasteiger partial charge on any atom is 0.255 e. The van der Waals surface area contributed by atoms with E-state index in [9.17, 15) is 4.79 Å². The second-order valence-electron chi connectivity index (χ2n) is 5.50. The molecule has 1 amide bonds. The molecule has 0 aliphatic heterocycles. The Bertz CT molecular complexity index is 802. The third-order valence-electron chi connectivity index (χ3n) is 3.92. The number of nitrogens with two attached hydrogens (primary N) is 1. The molecule has 0 fully saturated rings. The molecule has 2 aromatic rings. The number of aromatic nitrogens is 1. The number of likely N-dealkylation sites (N-methyl/N-ethyl adjacent to an activating group) is 2. The molecule has 0 unspecified atom stereocenters. The van der Waals surface area contributed by atoms with Crippen molar-refractivity contribution >= 4 is 29.0 Å². The van der Waals surface area contributed by atoms with Crippen LogP contribution in [0, 0.1) is 11.3 Å². The lowest BCUT2D eigenvalue weighted by Crippen LogP contribution is -2.38. The summed E-state index contributed by atoms with van der Waals surface area (Å²) in [6.07, 6.45) is 1.55. The summed E-state index contributed by atoms with van der Waals surface area (Å²) in [6.45, 7) is 3.47. The Morgan fingerprint density at radius 1 is 1.32 bits per heavy atom. The SMILES string of the molecule is CCN(CCN(C)c1nccc(C#N)c1Cl)C(=O)c1ccccc1N. The van der Waals surface area contributed by atoms with E-state index in [1.807, 2.05) is 24.9 Å². The highest BCUT2D eigenvalue weighted by molar-refractivity contribution is 6.34. The van der Waals surface area contributed by atoms with Gasteiger partial charge in [0.05, 0.1) is 11.1 Å². The number of hydrogen-bond acceptors (Lipinski definition) is 5. The van der Waals surface area contributed by atoms with Gasteiger partial charge in [0.25, 0.3) is 5.91 Å². The van der Waals surface area contributed by atoms with Gasteiger partial charge in [-0.1, -0.05) is 23.7 Å². The van der Waals surface area contributed by atoms with E-state index in [1.54, 1.807) is 41.4 Å². The molecule has 0 radical (unpaired) electrons. The van der Waals surface area contributed by atoms with Crippen LogP contribution in [0.2, 0.25) is 5.02 Å². The number of carbonyl (C=O) groups excluding carboxylic acids is 1. The molecule has 0 atom stereocenters. The number of nitriles is 1. The summed E-state index contributed by atoms with van der Waals surface area (Å²) in [5.41, 5.74) is 7.23. The topological polar surface area (TPSA) is 86.2 Å². The maximum absolute atomic E-state index is 12.7. The van der Waals surface area contributed by atoms with Gasteiger partial charge in [-0.25, -0.2) is 4.98 Å². The average molecular weight is 358 g/mol. The lowest BCUT2D eigenvalue weighted by atomic mass is 10.1. The zero-order chi connectivity index (χ0) is 18.4. The van der Waals surface area contributed by atoms with Crippen LogP contribution in [0.5, 0.6) is 0 Å². The molecule has 1 heterocycles. The molecule has 1 aromatic carbocycles. The van der Waals surface area contributed by atoms with Crippen molar-refractivity contribution in [3.05, 3.63) is 52.7 Å². The second kappa shape index (κ2) is 8.36. The van der Waals surface area contributed by atoms with Crippen LogP contribution in [-0.4, -0.2) is 42.5 Å². The van der Waals surface area contributed by atoms with Crippen molar-refractivity contribution in [3.8, 4) is 6.07 Å². The minimum atomic E-state index is -0.112. The van der Waals surface area contributed by atoms with Crippen molar-refractivity contribution < 1.29 is 4.79 Å². The Balaban J connectivity index is 2.10. The smallest absolute Gasteiger partial charge is 0.255 e. The number of pyridine rings is 1. The zero-order valence-corrected chi connectivity index (χ0v) is 15.0. The summed E-state index contributed by atoms with van der Waals surface area (Å²) < 4.78 is 0. The van der Waals surface area contributed by atoms with Gasteiger partial charge in [0.2, 0.25) is 0 Å². The first-order valence-corrected chi connectivity index (χ1v) is 8.26. The molecule has 25 heavy (non-hydrogen) atoms. The van der Waals surface area contributed by atoms with Crippen LogP contribution < -0.4 is 10.6 Å². The largest absolute Gasteiger partial charge is 0.398 e. The Kier molecular flexibility index (Phi) is 6.20. The standard InChI is InChI=1S/C18H20ClN5O/c1-3-24(18(25)14-6-4-5-7-15(14)21)11-10-23(2)17-16(19)13(12-20)8-9-22-17/h4-9H,3,10-11,21H2,1-2H3. The van der Waals surface area contributed by atoms with Crippen molar-refractivity contribution in [2.75, 3.05) is 37.3 Å². The number of anilines is 2. The van der Waals surface area contributed by atoms with E-state index in [1.165, 1.54) is 0 Å². The van der Waals surface area contributed by atoms with Crippen molar-refractivity contribution in [3.63, 3.8) is 0 Å². The molecule has 2 N–H and O–H groups in total. The minimum Gasteiger partial charge on any atom is -0.398 e. The summed E-state index contributed by atoms with van der Waals surface area (Å²) >= 11 is 6.21. The minimum absolute atomic E-state index is 0.112. The molecule has 0 aliphatic rings. The highest BCUT2D eigenvalue weighted by Gasteiger charge is 2.18. The van der Waals surface area contributed by atoms with E-state index >= 15 is 0 Å². The first-order valence-electron chi connectivity index (χ1n) is 7.89. The Labute approximate surface area is 152 Å². The Morgan fingerprint density at radius 2 is 2.04 bits per heavy atom. The third kappa shape index (κ3) is 4.20. The van der Waals surface area contributed by atoms with Gasteiger partial charge in [0.15, 0.2) is 0 Å². The highest BCUT2D eigenvalue weighted by atomic mass is 35.5. The summed E-state index contributed by atoms with van der Waals surface area (Å²) in [4.78, 5) is 20.4. The first kappa shape index (κ1) is 18.6. The summed E-state index contributed by atoms with van der Waals surface area (Å²) in [5, 5.41) is 9.37. The van der Waals surface area contributed by atoms with Crippen LogP contribution >= 0.6 is 11.6 Å². The normalized spacial score (nSPS) is 10.2. The number of para-hydroxylation sites is 1. The molecule has 1 aromatic heterocycles. The lowest BCUT2D eigenvalue weighted by molar-refractivity contribution is 0.0770. The third-order valence-corrected chi connectivity index (χ3v) is 4.29. The van der Waals surface area contributed by atoms with E-state index in [0.717, 1.165) is 0 Å². The molecule has 2 rings (SSSR count). The number of nitrogen functional groups attached to an aromatic ring is 1. The van der Waals surface area contributed by atoms with E-state index in [0.29, 0.717) is 47.3 Å². The molecular weight excluding hydrogens is 338 g/mol. The quantitative estimate of drug-likeness (QED) is 0.803. The van der Waals surface area contributed by atoms with Crippen molar-refractivity contribution in [1.29, 1.82) is 5.26 Å². The van der Waals surface area contributed by atoms with Gasteiger partial charge >= 0.3 is 0 Å². The van der Waals surface area contributed by atoms with Gasteiger partial charge in [-0.15, -0.1) is 0 Å². The molecule has 6 nitrogen and oxygen atoms in total. The number of hydrogen-bond donors (Lipinski definition) is 1. The van der Waals surface area contributed by atoms with E-state index < -0.39 is 0 Å². The van der Waals surface area contributed by atoms with Gasteiger partial charge in [-0.2, -0.15) is 5.26 Å². The van der Waals surface area contributed by atoms with Crippen LogP contribution in [0.1, 0.15) is 22.8 Å². The summed E-state index contributed by atoms with van der Waals surface area (Å²) in [7, 11) is 1.82. The molecule has 0 saturated heterocycles. The van der Waals surface area contributed by atoms with Gasteiger partial charge in [0, 0.05) is 38.6 Å². The number of carbonyl (C=O) groups is 1. The van der Waals surface area contributed by atoms with Crippen molar-refractivity contribution in [2.24, 2.45) is 0 Å². The predicted octanol–water partition coefficient (Wildman–Crippen LogP) is 2.79. The predicted molar refractivity (Wildman–Crippen MR) is 99.7 cm³/mol. The lowest BCUT2D eigenvalue weighted by Gasteiger charge is -2.26. The fourth-order valence-corrected chi connectivity index (χ4v) is 2.73. The summed E-state index contributed by atoms with van der Waals surface area (Å²) in [6, 6.07) is 10.6. The zero-order valence-electron chi connectivity index (χ0n) is 14.2. The van der Waals surface area contributed by atoms with E-state index in [-0.39, 0.29) is 5.91 Å². The number of halogens is 1. The Morgan fingerprint density at radius 3 is 2.68 bits per heavy atom. The van der Waals surface area contributed by atoms with E-state index in [4.69, 9.17) is 22.6 Å². The maximum atomic E-state index is 12.7. The number of rotatable bonds is 6. The van der Waals surface area contributed by atoms with Gasteiger partial charge in [-0.05, 0) is 25.1 Å². The van der Waals surface area contributed by atoms with Crippen LogP contribution in [0.4, 0.5) is 11.5 Å². The average Bonchev–Trinajstić information content (AvgIpc) is 2.62. The number of amides is 1. The van der Waals surface area contributed by atoms with Gasteiger partial charge in [0.1, 0.15) is 16.9 Å². The molecule has 0 spiro atoms. The van der Waals surface area contributed by atoms with Crippen LogP contribution in [0.25, 0.3) is 0 Å². The summed E-state index contributed by atoms with van der Waals surface area (Å²) in [5.74, 6) is 0.405. The first-order chi connectivity index (χ1) is 12.0. The van der Waals surface area contributed by atoms with Crippen LogP contribution in [0.3, 0.4) is 0 Å². The van der Waals surface area contributed by atoms with Crippen molar-refractivity contribution in [1.82, 2.24) is 9.88 Å². The molecular formula is C18H20ClN5O. The second-order valence-corrected chi connectivity index (χ2v) is 5.88. The number of benzene rings is 1. The molecule has 7 heteroatoms. The Hall–Kier alpha value is -2.78. The van der Waals surface area contributed by atoms with Gasteiger partial charge in [-0.3, -0.25) is 4.79 Å². The monoisotopic (exact) mass is 357 g/mol. The molecule has 0 aliphatic carbocycles. The van der Waals surface area contributed by atoms with Crippen LogP contribution in [0.15, 0.2) is 36.5 Å². The molecule has 0 saturated carbocycles. The van der Waals surface area contributed by atoms with Gasteiger partial charge < -0.3 is 15.5 Å². The fraction of sp³-hybridized carbons (Fsp3) is 0.278. The number of nitrogens with zero attached hydrogens (tertiary/aromatic N) is 4. The molecule has 0 bridgehead atoms. The fourth-order valence-electron chi connectivity index (χ4n) is 2.43.